The molecule has 1 saturated carbocycles. The van der Waals surface area contributed by atoms with Crippen LogP contribution in [-0.4, -0.2) is 0 Å². The zero-order valence-electron chi connectivity index (χ0n) is 10.1. The van der Waals surface area contributed by atoms with Crippen molar-refractivity contribution in [1.82, 2.24) is 0 Å². The van der Waals surface area contributed by atoms with Gasteiger partial charge in [0.25, 0.3) is 0 Å². The normalized spacial score (nSPS) is 17.1. The van der Waals surface area contributed by atoms with E-state index in [1.807, 2.05) is 13.8 Å². The summed E-state index contributed by atoms with van der Waals surface area (Å²) >= 11 is 0. The van der Waals surface area contributed by atoms with Gasteiger partial charge in [-0.2, -0.15) is 0 Å². The van der Waals surface area contributed by atoms with Gasteiger partial charge in [-0.1, -0.05) is 51.5 Å². The average Bonchev–Trinajstić information content (AvgIpc) is 2.84. The van der Waals surface area contributed by atoms with Crippen molar-refractivity contribution in [3.05, 3.63) is 23.3 Å². The van der Waals surface area contributed by atoms with Crippen LogP contribution in [0.25, 0.3) is 0 Å². The van der Waals surface area contributed by atoms with Crippen LogP contribution in [0, 0.1) is 5.41 Å². The molecule has 0 nitrogen and oxygen atoms in total. The summed E-state index contributed by atoms with van der Waals surface area (Å²) in [6, 6.07) is 0. The van der Waals surface area contributed by atoms with E-state index < -0.39 is 0 Å². The minimum atomic E-state index is 0. The fourth-order valence-corrected chi connectivity index (χ4v) is 1.07. The molecule has 0 aromatic carbocycles. The van der Waals surface area contributed by atoms with Crippen LogP contribution in [0.1, 0.15) is 61.8 Å². The molecule has 1 aliphatic carbocycles. The predicted octanol–water partition coefficient (Wildman–Crippen LogP) is 5.36. The summed E-state index contributed by atoms with van der Waals surface area (Å²) in [6.07, 6.45) is 7.24. The zero-order chi connectivity index (χ0) is 10.5. The predicted molar refractivity (Wildman–Crippen MR) is 68.6 cm³/mol. The molecule has 0 unspecified atom stereocenters. The summed E-state index contributed by atoms with van der Waals surface area (Å²) < 4.78 is 0. The second-order valence-electron chi connectivity index (χ2n) is 4.15. The Morgan fingerprint density at radius 3 is 1.71 bits per heavy atom. The van der Waals surface area contributed by atoms with Gasteiger partial charge in [0, 0.05) is 0 Å². The molecule has 0 aromatic rings. The van der Waals surface area contributed by atoms with E-state index >= 15 is 0 Å². The first kappa shape index (κ1) is 15.9. The molecule has 0 atom stereocenters. The molecule has 0 heteroatoms. The minimum absolute atomic E-state index is 0. The van der Waals surface area contributed by atoms with Gasteiger partial charge in [-0.3, -0.25) is 0 Å². The Kier molecular flexibility index (Phi) is 7.81. The van der Waals surface area contributed by atoms with Gasteiger partial charge in [0.2, 0.25) is 0 Å². The van der Waals surface area contributed by atoms with Gasteiger partial charge in [-0.25, -0.2) is 0 Å². The molecule has 0 amide bonds. The highest BCUT2D eigenvalue weighted by Crippen LogP contribution is 2.51. The lowest BCUT2D eigenvalue weighted by atomic mass is 9.99. The Labute approximate surface area is 91.1 Å². The van der Waals surface area contributed by atoms with Crippen molar-refractivity contribution in [2.45, 2.75) is 61.8 Å². The topological polar surface area (TPSA) is 0 Å². The first-order valence-corrected chi connectivity index (χ1v) is 5.37. The summed E-state index contributed by atoms with van der Waals surface area (Å²) in [5.74, 6) is 0. The van der Waals surface area contributed by atoms with Crippen LogP contribution in [0.4, 0.5) is 0 Å². The molecule has 0 aromatic heterocycles. The van der Waals surface area contributed by atoms with Gasteiger partial charge >= 0.3 is 0 Å². The largest absolute Gasteiger partial charge is 0.0776 e. The van der Waals surface area contributed by atoms with E-state index in [-0.39, 0.29) is 7.43 Å². The third-order valence-electron chi connectivity index (χ3n) is 2.62. The smallest absolute Gasteiger partial charge is 0.0115 e. The number of rotatable bonds is 2. The standard InChI is InChI=1S/C11H18.C2H6.CH4/c1-9(2)5-6-10(3)11(4)7-8-11;1-2;/h5-6H,7-8H2,1-4H3;1-2H3;1H4/b10-6+;;. The van der Waals surface area contributed by atoms with E-state index in [9.17, 15) is 0 Å². The number of hydrogen-bond donors (Lipinski definition) is 0. The van der Waals surface area contributed by atoms with E-state index in [0.717, 1.165) is 0 Å². The SMILES string of the molecule is C.CC.CC(C)=C/C=C(\C)C1(C)CC1. The Hall–Kier alpha value is -0.520. The Morgan fingerprint density at radius 2 is 1.43 bits per heavy atom. The fraction of sp³-hybridized carbons (Fsp3) is 0.714. The van der Waals surface area contributed by atoms with Crippen molar-refractivity contribution in [1.29, 1.82) is 0 Å². The van der Waals surface area contributed by atoms with Gasteiger partial charge in [0.05, 0.1) is 0 Å². The van der Waals surface area contributed by atoms with E-state index in [1.54, 1.807) is 5.57 Å². The van der Waals surface area contributed by atoms with Crippen molar-refractivity contribution in [3.63, 3.8) is 0 Å². The maximum Gasteiger partial charge on any atom is -0.0115 e. The monoisotopic (exact) mass is 196 g/mol. The molecule has 0 radical (unpaired) electrons. The van der Waals surface area contributed by atoms with Gasteiger partial charge in [-0.15, -0.1) is 0 Å². The van der Waals surface area contributed by atoms with Crippen LogP contribution >= 0.6 is 0 Å². The third-order valence-corrected chi connectivity index (χ3v) is 2.62. The summed E-state index contributed by atoms with van der Waals surface area (Å²) in [5, 5.41) is 0. The first-order valence-electron chi connectivity index (χ1n) is 5.37. The number of allylic oxidation sites excluding steroid dienone is 4. The summed E-state index contributed by atoms with van der Waals surface area (Å²) in [6.45, 7) is 12.9. The Balaban J connectivity index is 0. The Morgan fingerprint density at radius 1 is 1.00 bits per heavy atom. The third kappa shape index (κ3) is 5.26. The molecular weight excluding hydrogens is 168 g/mol. The van der Waals surface area contributed by atoms with Crippen molar-refractivity contribution in [2.75, 3.05) is 0 Å². The van der Waals surface area contributed by atoms with Crippen LogP contribution in [0.5, 0.6) is 0 Å². The van der Waals surface area contributed by atoms with Crippen LogP contribution in [-0.2, 0) is 0 Å². The second kappa shape index (κ2) is 6.86. The van der Waals surface area contributed by atoms with Crippen molar-refractivity contribution < 1.29 is 0 Å². The highest BCUT2D eigenvalue weighted by Gasteiger charge is 2.38. The maximum atomic E-state index is 2.34. The second-order valence-corrected chi connectivity index (χ2v) is 4.15. The molecule has 0 heterocycles. The maximum absolute atomic E-state index is 2.34. The van der Waals surface area contributed by atoms with E-state index in [0.29, 0.717) is 5.41 Å². The fourth-order valence-electron chi connectivity index (χ4n) is 1.07. The highest BCUT2D eigenvalue weighted by molar-refractivity contribution is 5.23. The Bertz CT molecular complexity index is 198. The molecule has 1 rings (SSSR count). The summed E-state index contributed by atoms with van der Waals surface area (Å²) in [5.41, 5.74) is 3.48. The molecule has 0 aliphatic heterocycles. The van der Waals surface area contributed by atoms with Crippen LogP contribution in [0.15, 0.2) is 23.3 Å². The van der Waals surface area contributed by atoms with Gasteiger partial charge in [0.15, 0.2) is 0 Å². The lowest BCUT2D eigenvalue weighted by Gasteiger charge is -2.06. The quantitative estimate of drug-likeness (QED) is 0.521. The van der Waals surface area contributed by atoms with Gasteiger partial charge < -0.3 is 0 Å². The molecule has 0 saturated heterocycles. The molecule has 0 spiro atoms. The molecule has 84 valence electrons. The van der Waals surface area contributed by atoms with Crippen molar-refractivity contribution >= 4 is 0 Å². The average molecular weight is 196 g/mol. The van der Waals surface area contributed by atoms with E-state index in [1.165, 1.54) is 18.4 Å². The van der Waals surface area contributed by atoms with E-state index in [2.05, 4.69) is 39.8 Å². The van der Waals surface area contributed by atoms with Gasteiger partial charge in [0.1, 0.15) is 0 Å². The molecule has 1 aliphatic rings. The van der Waals surface area contributed by atoms with Crippen molar-refractivity contribution in [3.8, 4) is 0 Å². The lowest BCUT2D eigenvalue weighted by Crippen LogP contribution is -1.93. The number of hydrogen-bond acceptors (Lipinski definition) is 0. The van der Waals surface area contributed by atoms with Crippen LogP contribution in [0.2, 0.25) is 0 Å². The van der Waals surface area contributed by atoms with E-state index in [4.69, 9.17) is 0 Å². The zero-order valence-corrected chi connectivity index (χ0v) is 10.1. The molecule has 14 heavy (non-hydrogen) atoms. The van der Waals surface area contributed by atoms with Gasteiger partial charge in [-0.05, 0) is 39.0 Å². The first-order chi connectivity index (χ1) is 6.04. The van der Waals surface area contributed by atoms with Crippen molar-refractivity contribution in [2.24, 2.45) is 5.41 Å². The van der Waals surface area contributed by atoms with Crippen LogP contribution in [0.3, 0.4) is 0 Å². The molecule has 1 fully saturated rings. The molecule has 0 bridgehead atoms. The minimum Gasteiger partial charge on any atom is -0.0776 e. The molecule has 0 N–H and O–H groups in total. The molecular formula is C14H28. The summed E-state index contributed by atoms with van der Waals surface area (Å²) in [7, 11) is 0. The lowest BCUT2D eigenvalue weighted by molar-refractivity contribution is 0.689. The van der Waals surface area contributed by atoms with Crippen LogP contribution < -0.4 is 0 Å². The highest BCUT2D eigenvalue weighted by atomic mass is 14.4. The summed E-state index contributed by atoms with van der Waals surface area (Å²) in [4.78, 5) is 0.